The third-order valence-electron chi connectivity index (χ3n) is 1.47. The van der Waals surface area contributed by atoms with Crippen LogP contribution in [0.15, 0.2) is 0 Å². The van der Waals surface area contributed by atoms with Gasteiger partial charge in [-0.3, -0.25) is 0 Å². The van der Waals surface area contributed by atoms with Gasteiger partial charge in [-0.1, -0.05) is 0 Å². The second-order valence-corrected chi connectivity index (χ2v) is 2.19. The van der Waals surface area contributed by atoms with Crippen LogP contribution in [0.3, 0.4) is 0 Å². The van der Waals surface area contributed by atoms with Crippen LogP contribution >= 0.6 is 0 Å². The van der Waals surface area contributed by atoms with Crippen molar-refractivity contribution >= 4 is 18.1 Å². The molecule has 1 unspecified atom stereocenters. The summed E-state index contributed by atoms with van der Waals surface area (Å²) in [4.78, 5) is 31.6. The van der Waals surface area contributed by atoms with E-state index in [-0.39, 0.29) is 11.4 Å². The molecule has 1 rings (SSSR count). The van der Waals surface area contributed by atoms with Crippen LogP contribution in [0.2, 0.25) is 0 Å². The molecule has 1 aliphatic heterocycles. The smallest absolute Gasteiger partial charge is 0.416 e. The van der Waals surface area contributed by atoms with E-state index in [9.17, 15) is 14.4 Å². The van der Waals surface area contributed by atoms with Gasteiger partial charge in [-0.05, 0) is 0 Å². The van der Waals surface area contributed by atoms with Crippen molar-refractivity contribution < 1.29 is 24.6 Å². The molecule has 0 spiro atoms. The zero-order chi connectivity index (χ0) is 9.30. The lowest BCUT2D eigenvalue weighted by atomic mass is 10.3. The summed E-state index contributed by atoms with van der Waals surface area (Å²) in [5.74, 6) is -1.34. The van der Waals surface area contributed by atoms with E-state index in [1.54, 1.807) is 0 Å². The Balaban J connectivity index is 2.84. The average molecular weight is 174 g/mol. The SMILES string of the molecule is O=C(O)C1CNC(=O)N1C(=O)O. The molecule has 0 radical (unpaired) electrons. The van der Waals surface area contributed by atoms with Gasteiger partial charge in [0.15, 0.2) is 6.04 Å². The Kier molecular flexibility index (Phi) is 1.86. The number of urea groups is 1. The Labute approximate surface area is 66.6 Å². The number of nitrogens with one attached hydrogen (secondary N) is 1. The number of hydrogen-bond acceptors (Lipinski definition) is 3. The number of amides is 3. The van der Waals surface area contributed by atoms with E-state index in [4.69, 9.17) is 10.2 Å². The minimum atomic E-state index is -1.56. The maximum absolute atomic E-state index is 10.7. The summed E-state index contributed by atoms with van der Waals surface area (Å²) < 4.78 is 0. The topological polar surface area (TPSA) is 107 Å². The van der Waals surface area contributed by atoms with Gasteiger partial charge in [0.05, 0.1) is 6.54 Å². The average Bonchev–Trinajstić information content (AvgIpc) is 2.30. The molecule has 1 aliphatic rings. The highest BCUT2D eigenvalue weighted by molar-refractivity contribution is 5.97. The molecule has 66 valence electrons. The number of hydrogen-bond donors (Lipinski definition) is 3. The largest absolute Gasteiger partial charge is 0.480 e. The number of aliphatic carboxylic acids is 1. The van der Waals surface area contributed by atoms with Crippen LogP contribution in [-0.2, 0) is 4.79 Å². The molecule has 0 aromatic carbocycles. The zero-order valence-electron chi connectivity index (χ0n) is 5.85. The van der Waals surface area contributed by atoms with Gasteiger partial charge in [0, 0.05) is 0 Å². The number of carbonyl (C=O) groups excluding carboxylic acids is 1. The van der Waals surface area contributed by atoms with Gasteiger partial charge >= 0.3 is 18.1 Å². The van der Waals surface area contributed by atoms with Gasteiger partial charge in [-0.15, -0.1) is 0 Å². The lowest BCUT2D eigenvalue weighted by molar-refractivity contribution is -0.140. The molecule has 1 fully saturated rings. The van der Waals surface area contributed by atoms with Crippen molar-refractivity contribution in [2.75, 3.05) is 6.54 Å². The summed E-state index contributed by atoms with van der Waals surface area (Å²) in [6.07, 6.45) is -1.56. The first-order valence-corrected chi connectivity index (χ1v) is 3.07. The summed E-state index contributed by atoms with van der Waals surface area (Å²) in [6, 6.07) is -2.20. The molecular weight excluding hydrogens is 168 g/mol. The highest BCUT2D eigenvalue weighted by atomic mass is 16.4. The van der Waals surface area contributed by atoms with Gasteiger partial charge in [0.2, 0.25) is 0 Å². The number of imide groups is 1. The van der Waals surface area contributed by atoms with Crippen molar-refractivity contribution in [3.63, 3.8) is 0 Å². The quantitative estimate of drug-likeness (QED) is 0.479. The molecule has 7 nitrogen and oxygen atoms in total. The normalized spacial score (nSPS) is 22.2. The van der Waals surface area contributed by atoms with Crippen LogP contribution in [0.1, 0.15) is 0 Å². The summed E-state index contributed by atoms with van der Waals surface area (Å²) >= 11 is 0. The predicted molar refractivity (Wildman–Crippen MR) is 34.7 cm³/mol. The van der Waals surface area contributed by atoms with Crippen molar-refractivity contribution in [2.45, 2.75) is 6.04 Å². The van der Waals surface area contributed by atoms with Crippen molar-refractivity contribution in [1.29, 1.82) is 0 Å². The standard InChI is InChI=1S/C5H6N2O5/c8-3(9)2-1-6-4(10)7(2)5(11)12/h2H,1H2,(H,6,10)(H,8,9)(H,11,12). The van der Waals surface area contributed by atoms with Gasteiger partial charge in [-0.25, -0.2) is 19.3 Å². The molecule has 3 amide bonds. The molecular formula is C5H6N2O5. The maximum Gasteiger partial charge on any atom is 0.416 e. The third-order valence-corrected chi connectivity index (χ3v) is 1.47. The van der Waals surface area contributed by atoms with E-state index in [0.29, 0.717) is 0 Å². The molecule has 0 saturated carbocycles. The molecule has 3 N–H and O–H groups in total. The molecule has 1 atom stereocenters. The van der Waals surface area contributed by atoms with E-state index >= 15 is 0 Å². The molecule has 12 heavy (non-hydrogen) atoms. The highest BCUT2D eigenvalue weighted by Gasteiger charge is 2.40. The number of carbonyl (C=O) groups is 3. The zero-order valence-corrected chi connectivity index (χ0v) is 5.85. The minimum absolute atomic E-state index is 0.180. The monoisotopic (exact) mass is 174 g/mol. The minimum Gasteiger partial charge on any atom is -0.480 e. The van der Waals surface area contributed by atoms with Crippen molar-refractivity contribution in [2.24, 2.45) is 0 Å². The summed E-state index contributed by atoms with van der Waals surface area (Å²) in [5.41, 5.74) is 0. The van der Waals surface area contributed by atoms with Crippen LogP contribution < -0.4 is 5.32 Å². The van der Waals surface area contributed by atoms with E-state index in [1.807, 2.05) is 0 Å². The van der Waals surface area contributed by atoms with Crippen LogP contribution in [0.4, 0.5) is 9.59 Å². The van der Waals surface area contributed by atoms with Crippen molar-refractivity contribution in [1.82, 2.24) is 10.2 Å². The molecule has 0 aliphatic carbocycles. The Morgan fingerprint density at radius 3 is 2.42 bits per heavy atom. The Morgan fingerprint density at radius 2 is 2.08 bits per heavy atom. The molecule has 0 aromatic heterocycles. The number of carboxylic acids is 1. The van der Waals surface area contributed by atoms with Crippen LogP contribution in [-0.4, -0.2) is 45.8 Å². The number of carboxylic acid groups (broad SMARTS) is 2. The Bertz CT molecular complexity index is 250. The first-order chi connectivity index (χ1) is 5.54. The number of rotatable bonds is 1. The fourth-order valence-corrected chi connectivity index (χ4v) is 0.920. The molecule has 7 heteroatoms. The fraction of sp³-hybridized carbons (Fsp3) is 0.400. The van der Waals surface area contributed by atoms with Crippen LogP contribution in [0, 0.1) is 0 Å². The van der Waals surface area contributed by atoms with Crippen molar-refractivity contribution in [3.05, 3.63) is 0 Å². The maximum atomic E-state index is 10.7. The van der Waals surface area contributed by atoms with Gasteiger partial charge < -0.3 is 15.5 Å². The summed E-state index contributed by atoms with van der Waals surface area (Å²) in [6.45, 7) is -0.180. The molecule has 1 saturated heterocycles. The molecule has 1 heterocycles. The number of nitrogens with zero attached hydrogens (tertiary/aromatic N) is 1. The van der Waals surface area contributed by atoms with Gasteiger partial charge in [0.1, 0.15) is 0 Å². The van der Waals surface area contributed by atoms with E-state index in [2.05, 4.69) is 5.32 Å². The Morgan fingerprint density at radius 1 is 1.50 bits per heavy atom. The first kappa shape index (κ1) is 8.31. The van der Waals surface area contributed by atoms with Crippen molar-refractivity contribution in [3.8, 4) is 0 Å². The molecule has 0 bridgehead atoms. The third kappa shape index (κ3) is 1.16. The lowest BCUT2D eigenvalue weighted by Gasteiger charge is -2.12. The summed E-state index contributed by atoms with van der Waals surface area (Å²) in [7, 11) is 0. The predicted octanol–water partition coefficient (Wildman–Crippen LogP) is -0.857. The van der Waals surface area contributed by atoms with E-state index in [1.165, 1.54) is 0 Å². The van der Waals surface area contributed by atoms with Gasteiger partial charge in [-0.2, -0.15) is 0 Å². The van der Waals surface area contributed by atoms with Gasteiger partial charge in [0.25, 0.3) is 0 Å². The van der Waals surface area contributed by atoms with Crippen LogP contribution in [0.5, 0.6) is 0 Å². The van der Waals surface area contributed by atoms with Crippen LogP contribution in [0.25, 0.3) is 0 Å². The first-order valence-electron chi connectivity index (χ1n) is 3.07. The Hall–Kier alpha value is -1.79. The fourth-order valence-electron chi connectivity index (χ4n) is 0.920. The second kappa shape index (κ2) is 2.68. The summed E-state index contributed by atoms with van der Waals surface area (Å²) in [5, 5.41) is 19.0. The molecule has 0 aromatic rings. The lowest BCUT2D eigenvalue weighted by Crippen LogP contribution is -2.42. The van der Waals surface area contributed by atoms with E-state index < -0.39 is 24.1 Å². The second-order valence-electron chi connectivity index (χ2n) is 2.19. The highest BCUT2D eigenvalue weighted by Crippen LogP contribution is 2.06. The van der Waals surface area contributed by atoms with E-state index in [0.717, 1.165) is 0 Å².